The standard InChI is InChI=1S/C23H34FN3OSi/c1-18-9-7-12-21(25-18)27-15-13-26(14-16-27)20-11-8-10-19(22(20)24)17-28-29(5,6)23(2,3)4/h7-12H,13-17H2,1-6H3. The van der Waals surface area contributed by atoms with Crippen LogP contribution in [0.25, 0.3) is 0 Å². The van der Waals surface area contributed by atoms with Crippen molar-refractivity contribution in [3.63, 3.8) is 0 Å². The third kappa shape index (κ3) is 4.98. The average Bonchev–Trinajstić information content (AvgIpc) is 2.66. The van der Waals surface area contributed by atoms with E-state index in [-0.39, 0.29) is 10.9 Å². The Hall–Kier alpha value is -1.92. The van der Waals surface area contributed by atoms with Crippen molar-refractivity contribution in [1.29, 1.82) is 0 Å². The van der Waals surface area contributed by atoms with Gasteiger partial charge in [0, 0.05) is 37.4 Å². The Bertz CT molecular complexity index is 842. The second-order valence-corrected chi connectivity index (χ2v) is 14.2. The summed E-state index contributed by atoms with van der Waals surface area (Å²) < 4.78 is 21.5. The molecule has 0 unspecified atom stereocenters. The van der Waals surface area contributed by atoms with Gasteiger partial charge in [0.05, 0.1) is 12.3 Å². The molecule has 1 aliphatic heterocycles. The number of hydrogen-bond donors (Lipinski definition) is 0. The SMILES string of the molecule is Cc1cccc(N2CCN(c3cccc(CO[Si](C)(C)C(C)(C)C)c3F)CC2)n1. The number of halogens is 1. The highest BCUT2D eigenvalue weighted by molar-refractivity contribution is 6.74. The first-order valence-electron chi connectivity index (χ1n) is 10.4. The first-order chi connectivity index (χ1) is 13.6. The zero-order valence-corrected chi connectivity index (χ0v) is 19.6. The van der Waals surface area contributed by atoms with Gasteiger partial charge in [-0.25, -0.2) is 9.37 Å². The molecule has 0 N–H and O–H groups in total. The summed E-state index contributed by atoms with van der Waals surface area (Å²) in [6.07, 6.45) is 0. The van der Waals surface area contributed by atoms with Gasteiger partial charge < -0.3 is 14.2 Å². The van der Waals surface area contributed by atoms with Gasteiger partial charge in [-0.05, 0) is 43.3 Å². The van der Waals surface area contributed by atoms with Crippen LogP contribution in [0.2, 0.25) is 18.1 Å². The summed E-state index contributed by atoms with van der Waals surface area (Å²) in [5.41, 5.74) is 2.35. The van der Waals surface area contributed by atoms with E-state index in [2.05, 4.69) is 48.6 Å². The molecule has 0 radical (unpaired) electrons. The Morgan fingerprint density at radius 2 is 1.62 bits per heavy atom. The highest BCUT2D eigenvalue weighted by Gasteiger charge is 2.37. The summed E-state index contributed by atoms with van der Waals surface area (Å²) in [5, 5.41) is 0.112. The van der Waals surface area contributed by atoms with Gasteiger partial charge >= 0.3 is 0 Å². The number of aryl methyl sites for hydroxylation is 1. The van der Waals surface area contributed by atoms with Crippen molar-refractivity contribution in [2.24, 2.45) is 0 Å². The number of pyridine rings is 1. The predicted molar refractivity (Wildman–Crippen MR) is 122 cm³/mol. The van der Waals surface area contributed by atoms with Crippen LogP contribution in [0.4, 0.5) is 15.9 Å². The number of anilines is 2. The summed E-state index contributed by atoms with van der Waals surface area (Å²) >= 11 is 0. The van der Waals surface area contributed by atoms with Gasteiger partial charge in [-0.1, -0.05) is 39.0 Å². The van der Waals surface area contributed by atoms with Gasteiger partial charge in [0.1, 0.15) is 5.82 Å². The molecular weight excluding hydrogens is 381 g/mol. The summed E-state index contributed by atoms with van der Waals surface area (Å²) in [6.45, 7) is 16.6. The van der Waals surface area contributed by atoms with Crippen LogP contribution in [0.1, 0.15) is 32.0 Å². The largest absolute Gasteiger partial charge is 0.412 e. The lowest BCUT2D eigenvalue weighted by Crippen LogP contribution is -2.47. The summed E-state index contributed by atoms with van der Waals surface area (Å²) in [4.78, 5) is 9.02. The van der Waals surface area contributed by atoms with Crippen LogP contribution >= 0.6 is 0 Å². The monoisotopic (exact) mass is 415 g/mol. The van der Waals surface area contributed by atoms with Gasteiger partial charge in [-0.3, -0.25) is 0 Å². The molecule has 0 aliphatic carbocycles. The number of hydrogen-bond acceptors (Lipinski definition) is 4. The first-order valence-corrected chi connectivity index (χ1v) is 13.3. The lowest BCUT2D eigenvalue weighted by Gasteiger charge is -2.37. The van der Waals surface area contributed by atoms with Crippen molar-refractivity contribution in [2.75, 3.05) is 36.0 Å². The molecule has 158 valence electrons. The minimum Gasteiger partial charge on any atom is -0.412 e. The highest BCUT2D eigenvalue weighted by atomic mass is 28.4. The minimum absolute atomic E-state index is 0.112. The molecule has 0 bridgehead atoms. The Balaban J connectivity index is 1.67. The lowest BCUT2D eigenvalue weighted by atomic mass is 10.1. The van der Waals surface area contributed by atoms with E-state index in [0.29, 0.717) is 17.9 Å². The lowest BCUT2D eigenvalue weighted by molar-refractivity contribution is 0.271. The van der Waals surface area contributed by atoms with Crippen LogP contribution in [-0.2, 0) is 11.0 Å². The molecule has 1 aromatic carbocycles. The molecule has 29 heavy (non-hydrogen) atoms. The van der Waals surface area contributed by atoms with E-state index < -0.39 is 8.32 Å². The molecule has 2 heterocycles. The molecule has 6 heteroatoms. The van der Waals surface area contributed by atoms with Gasteiger partial charge in [-0.15, -0.1) is 0 Å². The molecule has 0 amide bonds. The molecular formula is C23H34FN3OSi. The summed E-state index contributed by atoms with van der Waals surface area (Å²) in [7, 11) is -1.91. The first kappa shape index (κ1) is 21.8. The van der Waals surface area contributed by atoms with E-state index in [4.69, 9.17) is 4.43 Å². The maximum Gasteiger partial charge on any atom is 0.192 e. The summed E-state index contributed by atoms with van der Waals surface area (Å²) in [5.74, 6) is 0.856. The van der Waals surface area contributed by atoms with Gasteiger partial charge in [0.15, 0.2) is 14.1 Å². The van der Waals surface area contributed by atoms with Crippen molar-refractivity contribution in [1.82, 2.24) is 4.98 Å². The fourth-order valence-electron chi connectivity index (χ4n) is 3.28. The van der Waals surface area contributed by atoms with Crippen LogP contribution in [0, 0.1) is 12.7 Å². The normalized spacial score (nSPS) is 15.7. The van der Waals surface area contributed by atoms with Crippen molar-refractivity contribution in [2.45, 2.75) is 52.4 Å². The number of piperazine rings is 1. The minimum atomic E-state index is -1.91. The van der Waals surface area contributed by atoms with Gasteiger partial charge in [0.2, 0.25) is 0 Å². The smallest absolute Gasteiger partial charge is 0.192 e. The molecule has 0 spiro atoms. The van der Waals surface area contributed by atoms with Gasteiger partial charge in [-0.2, -0.15) is 0 Å². The van der Waals surface area contributed by atoms with Crippen molar-refractivity contribution >= 4 is 19.8 Å². The maximum absolute atomic E-state index is 15.3. The Morgan fingerprint density at radius 3 is 2.24 bits per heavy atom. The van der Waals surface area contributed by atoms with E-state index in [1.54, 1.807) is 0 Å². The van der Waals surface area contributed by atoms with Gasteiger partial charge in [0.25, 0.3) is 0 Å². The average molecular weight is 416 g/mol. The second-order valence-electron chi connectivity index (χ2n) is 9.41. The van der Waals surface area contributed by atoms with Crippen LogP contribution in [0.15, 0.2) is 36.4 Å². The molecule has 0 saturated carbocycles. The van der Waals surface area contributed by atoms with Crippen molar-refractivity contribution in [3.8, 4) is 0 Å². The van der Waals surface area contributed by atoms with E-state index in [1.165, 1.54) is 0 Å². The number of benzene rings is 1. The molecule has 2 aromatic rings. The fourth-order valence-corrected chi connectivity index (χ4v) is 4.23. The van der Waals surface area contributed by atoms with Crippen LogP contribution in [0.3, 0.4) is 0 Å². The van der Waals surface area contributed by atoms with E-state index in [1.807, 2.05) is 43.3 Å². The Labute approximate surface area is 175 Å². The van der Waals surface area contributed by atoms with Crippen molar-refractivity contribution in [3.05, 3.63) is 53.5 Å². The molecule has 1 saturated heterocycles. The number of aromatic nitrogens is 1. The maximum atomic E-state index is 15.3. The summed E-state index contributed by atoms with van der Waals surface area (Å²) in [6, 6.07) is 11.8. The van der Waals surface area contributed by atoms with E-state index >= 15 is 4.39 Å². The Kier molecular flexibility index (Phi) is 6.34. The fraction of sp³-hybridized carbons (Fsp3) is 0.522. The molecule has 3 rings (SSSR count). The second kappa shape index (κ2) is 8.44. The number of rotatable bonds is 5. The van der Waals surface area contributed by atoms with Crippen molar-refractivity contribution < 1.29 is 8.82 Å². The topological polar surface area (TPSA) is 28.6 Å². The van der Waals surface area contributed by atoms with Crippen LogP contribution in [-0.4, -0.2) is 39.5 Å². The zero-order valence-electron chi connectivity index (χ0n) is 18.6. The Morgan fingerprint density at radius 1 is 1.00 bits per heavy atom. The van der Waals surface area contributed by atoms with E-state index in [9.17, 15) is 0 Å². The quantitative estimate of drug-likeness (QED) is 0.613. The van der Waals surface area contributed by atoms with E-state index in [0.717, 1.165) is 37.7 Å². The third-order valence-corrected chi connectivity index (χ3v) is 10.7. The number of nitrogens with zero attached hydrogens (tertiary/aromatic N) is 3. The van der Waals surface area contributed by atoms with Crippen LogP contribution in [0.5, 0.6) is 0 Å². The third-order valence-electron chi connectivity index (χ3n) is 6.27. The molecule has 1 aliphatic rings. The highest BCUT2D eigenvalue weighted by Crippen LogP contribution is 2.37. The molecule has 1 aromatic heterocycles. The zero-order chi connectivity index (χ0) is 21.2. The molecule has 1 fully saturated rings. The van der Waals surface area contributed by atoms with Crippen LogP contribution < -0.4 is 9.80 Å². The molecule has 0 atom stereocenters. The molecule has 4 nitrogen and oxygen atoms in total. The predicted octanol–water partition coefficient (Wildman–Crippen LogP) is 5.38.